The van der Waals surface area contributed by atoms with Crippen molar-refractivity contribution in [2.75, 3.05) is 7.11 Å². The molecule has 2 amide bonds. The average molecular weight is 487 g/mol. The van der Waals surface area contributed by atoms with E-state index >= 15 is 0 Å². The number of aryl methyl sites for hydroxylation is 2. The van der Waals surface area contributed by atoms with Crippen molar-refractivity contribution in [3.63, 3.8) is 0 Å². The van der Waals surface area contributed by atoms with E-state index in [-0.39, 0.29) is 24.3 Å². The normalized spacial score (nSPS) is 12.5. The molecule has 0 bridgehead atoms. The summed E-state index contributed by atoms with van der Waals surface area (Å²) >= 11 is 0. The van der Waals surface area contributed by atoms with Crippen molar-refractivity contribution in [2.45, 2.75) is 65.6 Å². The molecule has 3 aromatic rings. The summed E-state index contributed by atoms with van der Waals surface area (Å²) < 4.78 is 5.40. The number of benzene rings is 3. The number of hydrogen-bond donors (Lipinski definition) is 1. The minimum absolute atomic E-state index is 0.0179. The van der Waals surface area contributed by atoms with Gasteiger partial charge in [0.15, 0.2) is 0 Å². The summed E-state index contributed by atoms with van der Waals surface area (Å²) in [5.41, 5.74) is 5.21. The van der Waals surface area contributed by atoms with E-state index < -0.39 is 6.04 Å². The SMILES string of the molecule is CCC(C)NC(=O)C(Cc1ccccc1)N(Cc1cccc(OC)c1)C(=O)Cc1ccc(C)c(C)c1. The Bertz CT molecular complexity index is 1160. The highest BCUT2D eigenvalue weighted by Gasteiger charge is 2.31. The van der Waals surface area contributed by atoms with Crippen LogP contribution in [0.2, 0.25) is 0 Å². The van der Waals surface area contributed by atoms with Gasteiger partial charge in [-0.05, 0) is 67.1 Å². The molecule has 0 saturated carbocycles. The molecule has 0 aliphatic rings. The van der Waals surface area contributed by atoms with Crippen LogP contribution in [0, 0.1) is 13.8 Å². The summed E-state index contributed by atoms with van der Waals surface area (Å²) in [6, 6.07) is 23.0. The molecule has 0 aliphatic carbocycles. The molecule has 0 spiro atoms. The van der Waals surface area contributed by atoms with E-state index in [0.29, 0.717) is 13.0 Å². The van der Waals surface area contributed by atoms with Crippen LogP contribution in [0.15, 0.2) is 72.8 Å². The van der Waals surface area contributed by atoms with Crippen LogP contribution in [0.5, 0.6) is 5.75 Å². The lowest BCUT2D eigenvalue weighted by Gasteiger charge is -2.32. The molecular weight excluding hydrogens is 448 g/mol. The number of carbonyl (C=O) groups excluding carboxylic acids is 2. The minimum Gasteiger partial charge on any atom is -0.497 e. The van der Waals surface area contributed by atoms with Crippen LogP contribution in [-0.4, -0.2) is 35.9 Å². The largest absolute Gasteiger partial charge is 0.497 e. The Morgan fingerprint density at radius 1 is 0.889 bits per heavy atom. The fraction of sp³-hybridized carbons (Fsp3) is 0.355. The lowest BCUT2D eigenvalue weighted by Crippen LogP contribution is -2.52. The maximum absolute atomic E-state index is 13.9. The molecule has 0 aliphatic heterocycles. The molecule has 2 unspecified atom stereocenters. The van der Waals surface area contributed by atoms with Crippen LogP contribution in [0.4, 0.5) is 0 Å². The Kier molecular flexibility index (Phi) is 9.69. The molecular formula is C31H38N2O3. The lowest BCUT2D eigenvalue weighted by atomic mass is 10.00. The van der Waals surface area contributed by atoms with E-state index in [1.165, 1.54) is 5.56 Å². The predicted molar refractivity (Wildman–Crippen MR) is 145 cm³/mol. The van der Waals surface area contributed by atoms with Crippen molar-refractivity contribution in [1.29, 1.82) is 0 Å². The van der Waals surface area contributed by atoms with Crippen molar-refractivity contribution in [2.24, 2.45) is 0 Å². The van der Waals surface area contributed by atoms with E-state index in [1.807, 2.05) is 80.6 Å². The minimum atomic E-state index is -0.647. The first-order valence-corrected chi connectivity index (χ1v) is 12.6. The predicted octanol–water partition coefficient (Wildman–Crippen LogP) is 5.41. The molecule has 1 N–H and O–H groups in total. The second kappa shape index (κ2) is 12.9. The van der Waals surface area contributed by atoms with Gasteiger partial charge < -0.3 is 15.0 Å². The van der Waals surface area contributed by atoms with Gasteiger partial charge in [-0.3, -0.25) is 9.59 Å². The molecule has 190 valence electrons. The van der Waals surface area contributed by atoms with Crippen LogP contribution in [0.3, 0.4) is 0 Å². The standard InChI is InChI=1S/C31H38N2O3/c1-6-24(4)32-31(35)29(19-25-11-8-7-9-12-25)33(21-27-13-10-14-28(18-27)36-5)30(34)20-26-16-15-22(2)23(3)17-26/h7-18,24,29H,6,19-21H2,1-5H3,(H,32,35). The highest BCUT2D eigenvalue weighted by molar-refractivity contribution is 5.89. The van der Waals surface area contributed by atoms with Gasteiger partial charge in [0.1, 0.15) is 11.8 Å². The number of nitrogens with zero attached hydrogens (tertiary/aromatic N) is 1. The summed E-state index contributed by atoms with van der Waals surface area (Å²) in [7, 11) is 1.62. The van der Waals surface area contributed by atoms with Gasteiger partial charge in [-0.1, -0.05) is 67.6 Å². The van der Waals surface area contributed by atoms with Crippen molar-refractivity contribution in [1.82, 2.24) is 10.2 Å². The van der Waals surface area contributed by atoms with Crippen LogP contribution >= 0.6 is 0 Å². The monoisotopic (exact) mass is 486 g/mol. The Labute approximate surface area is 215 Å². The van der Waals surface area contributed by atoms with Gasteiger partial charge in [-0.25, -0.2) is 0 Å². The van der Waals surface area contributed by atoms with Gasteiger partial charge in [0.25, 0.3) is 0 Å². The molecule has 2 atom stereocenters. The Morgan fingerprint density at radius 3 is 2.28 bits per heavy atom. The van der Waals surface area contributed by atoms with Crippen LogP contribution in [-0.2, 0) is 29.0 Å². The van der Waals surface area contributed by atoms with Gasteiger partial charge in [0.05, 0.1) is 13.5 Å². The molecule has 3 aromatic carbocycles. The quantitative estimate of drug-likeness (QED) is 0.394. The third kappa shape index (κ3) is 7.45. The van der Waals surface area contributed by atoms with Crippen molar-refractivity contribution < 1.29 is 14.3 Å². The summed E-state index contributed by atoms with van der Waals surface area (Å²) in [4.78, 5) is 29.2. The number of rotatable bonds is 11. The van der Waals surface area contributed by atoms with E-state index in [4.69, 9.17) is 4.74 Å². The average Bonchev–Trinajstić information content (AvgIpc) is 2.88. The molecule has 3 rings (SSSR count). The first-order chi connectivity index (χ1) is 17.3. The fourth-order valence-corrected chi connectivity index (χ4v) is 4.15. The number of methoxy groups -OCH3 is 1. The Balaban J connectivity index is 1.99. The third-order valence-corrected chi connectivity index (χ3v) is 6.69. The smallest absolute Gasteiger partial charge is 0.243 e. The third-order valence-electron chi connectivity index (χ3n) is 6.69. The number of nitrogens with one attached hydrogen (secondary N) is 1. The summed E-state index contributed by atoms with van der Waals surface area (Å²) in [6.45, 7) is 8.45. The highest BCUT2D eigenvalue weighted by Crippen LogP contribution is 2.20. The molecule has 0 heterocycles. The highest BCUT2D eigenvalue weighted by atomic mass is 16.5. The second-order valence-corrected chi connectivity index (χ2v) is 9.49. The summed E-state index contributed by atoms with van der Waals surface area (Å²) in [5, 5.41) is 3.12. The summed E-state index contributed by atoms with van der Waals surface area (Å²) in [5.74, 6) is 0.503. The van der Waals surface area contributed by atoms with Gasteiger partial charge >= 0.3 is 0 Å². The van der Waals surface area contributed by atoms with Crippen molar-refractivity contribution in [3.8, 4) is 5.75 Å². The second-order valence-electron chi connectivity index (χ2n) is 9.49. The molecule has 36 heavy (non-hydrogen) atoms. The van der Waals surface area contributed by atoms with Gasteiger partial charge in [-0.2, -0.15) is 0 Å². The zero-order chi connectivity index (χ0) is 26.1. The van der Waals surface area contributed by atoms with Crippen LogP contribution in [0.1, 0.15) is 48.1 Å². The van der Waals surface area contributed by atoms with Gasteiger partial charge in [0, 0.05) is 19.0 Å². The van der Waals surface area contributed by atoms with Crippen molar-refractivity contribution in [3.05, 3.63) is 101 Å². The number of ether oxygens (including phenoxy) is 1. The van der Waals surface area contributed by atoms with Gasteiger partial charge in [0.2, 0.25) is 11.8 Å². The van der Waals surface area contributed by atoms with Crippen LogP contribution in [0.25, 0.3) is 0 Å². The van der Waals surface area contributed by atoms with Crippen molar-refractivity contribution >= 4 is 11.8 Å². The molecule has 5 nitrogen and oxygen atoms in total. The van der Waals surface area contributed by atoms with E-state index in [9.17, 15) is 9.59 Å². The Morgan fingerprint density at radius 2 is 1.61 bits per heavy atom. The zero-order valence-corrected chi connectivity index (χ0v) is 22.1. The lowest BCUT2D eigenvalue weighted by molar-refractivity contribution is -0.141. The Hall–Kier alpha value is -3.60. The first-order valence-electron chi connectivity index (χ1n) is 12.6. The number of amides is 2. The summed E-state index contributed by atoms with van der Waals surface area (Å²) in [6.07, 6.45) is 1.48. The van der Waals surface area contributed by atoms with E-state index in [0.717, 1.165) is 34.4 Å². The van der Waals surface area contributed by atoms with Gasteiger partial charge in [-0.15, -0.1) is 0 Å². The van der Waals surface area contributed by atoms with E-state index in [1.54, 1.807) is 12.0 Å². The molecule has 0 saturated heterocycles. The molecule has 0 radical (unpaired) electrons. The fourth-order valence-electron chi connectivity index (χ4n) is 4.15. The first kappa shape index (κ1) is 27.0. The molecule has 5 heteroatoms. The van der Waals surface area contributed by atoms with E-state index in [2.05, 4.69) is 25.2 Å². The maximum atomic E-state index is 13.9. The molecule has 0 fully saturated rings. The maximum Gasteiger partial charge on any atom is 0.243 e. The molecule has 0 aromatic heterocycles. The topological polar surface area (TPSA) is 58.6 Å². The number of carbonyl (C=O) groups is 2. The van der Waals surface area contributed by atoms with Crippen LogP contribution < -0.4 is 10.1 Å². The number of hydrogen-bond acceptors (Lipinski definition) is 3. The zero-order valence-electron chi connectivity index (χ0n) is 22.1.